The first-order valence-corrected chi connectivity index (χ1v) is 10.6. The molecule has 1 aromatic carbocycles. The fourth-order valence-electron chi connectivity index (χ4n) is 3.77. The van der Waals surface area contributed by atoms with Crippen molar-refractivity contribution in [3.05, 3.63) is 57.8 Å². The summed E-state index contributed by atoms with van der Waals surface area (Å²) in [6.07, 6.45) is 0.869. The fraction of sp³-hybridized carbons (Fsp3) is 0.455. The summed E-state index contributed by atoms with van der Waals surface area (Å²) in [7, 11) is 3.46. The predicted octanol–water partition coefficient (Wildman–Crippen LogP) is 3.86. The van der Waals surface area contributed by atoms with Crippen LogP contribution < -0.4 is 0 Å². The summed E-state index contributed by atoms with van der Waals surface area (Å²) >= 11 is 1.76. The molecular weight excluding hydrogens is 370 g/mol. The maximum absolute atomic E-state index is 13.3. The Morgan fingerprint density at radius 3 is 2.54 bits per heavy atom. The van der Waals surface area contributed by atoms with Crippen LogP contribution in [0.15, 0.2) is 41.8 Å². The molecule has 6 heteroatoms. The summed E-state index contributed by atoms with van der Waals surface area (Å²) in [4.78, 5) is 32.4. The molecule has 0 unspecified atom stereocenters. The third-order valence-corrected chi connectivity index (χ3v) is 5.96. The van der Waals surface area contributed by atoms with Gasteiger partial charge in [0.1, 0.15) is 6.54 Å². The SMILES string of the molecule is CC(C)CN(CC(=O)N1CCc2sccc2[C@H]1c1ccccc1)C(=O)N(C)C. The number of rotatable bonds is 5. The van der Waals surface area contributed by atoms with E-state index in [0.29, 0.717) is 19.0 Å². The molecule has 0 saturated carbocycles. The summed E-state index contributed by atoms with van der Waals surface area (Å²) in [6, 6.07) is 12.1. The first-order valence-electron chi connectivity index (χ1n) is 9.75. The van der Waals surface area contributed by atoms with Gasteiger partial charge in [-0.15, -0.1) is 11.3 Å². The molecule has 0 aliphatic carbocycles. The van der Waals surface area contributed by atoms with Gasteiger partial charge in [0.2, 0.25) is 5.91 Å². The Balaban J connectivity index is 1.87. The lowest BCUT2D eigenvalue weighted by molar-refractivity contribution is -0.134. The lowest BCUT2D eigenvalue weighted by Gasteiger charge is -2.38. The van der Waals surface area contributed by atoms with E-state index in [0.717, 1.165) is 12.0 Å². The first-order chi connectivity index (χ1) is 13.4. The number of hydrogen-bond acceptors (Lipinski definition) is 3. The van der Waals surface area contributed by atoms with E-state index < -0.39 is 0 Å². The molecule has 2 heterocycles. The Kier molecular flexibility index (Phi) is 6.39. The number of carbonyl (C=O) groups is 2. The zero-order chi connectivity index (χ0) is 20.3. The molecule has 28 heavy (non-hydrogen) atoms. The van der Waals surface area contributed by atoms with E-state index in [1.54, 1.807) is 30.3 Å². The Bertz CT molecular complexity index is 816. The number of amides is 3. The van der Waals surface area contributed by atoms with Crippen molar-refractivity contribution in [1.82, 2.24) is 14.7 Å². The van der Waals surface area contributed by atoms with Gasteiger partial charge in [-0.1, -0.05) is 44.2 Å². The maximum Gasteiger partial charge on any atom is 0.319 e. The fourth-order valence-corrected chi connectivity index (χ4v) is 4.67. The molecule has 2 aromatic rings. The number of urea groups is 1. The molecule has 0 radical (unpaired) electrons. The second kappa shape index (κ2) is 8.78. The molecule has 0 spiro atoms. The standard InChI is InChI=1S/C22H29N3O2S/c1-16(2)14-24(22(27)23(3)4)15-20(26)25-12-10-19-18(11-13-28-19)21(25)17-8-6-5-7-9-17/h5-9,11,13,16,21H,10,12,14-15H2,1-4H3/t21-/m1/s1. The minimum absolute atomic E-state index is 0.00144. The van der Waals surface area contributed by atoms with Gasteiger partial charge in [0.25, 0.3) is 0 Å². The van der Waals surface area contributed by atoms with E-state index in [-0.39, 0.29) is 24.5 Å². The van der Waals surface area contributed by atoms with Crippen molar-refractivity contribution in [2.24, 2.45) is 5.92 Å². The number of carbonyl (C=O) groups excluding carboxylic acids is 2. The Labute approximate surface area is 171 Å². The molecular formula is C22H29N3O2S. The number of benzene rings is 1. The molecule has 5 nitrogen and oxygen atoms in total. The second-order valence-electron chi connectivity index (χ2n) is 7.90. The molecule has 1 aromatic heterocycles. The summed E-state index contributed by atoms with van der Waals surface area (Å²) in [5.41, 5.74) is 2.33. The van der Waals surface area contributed by atoms with Gasteiger partial charge in [0.15, 0.2) is 0 Å². The lowest BCUT2D eigenvalue weighted by Crippen LogP contribution is -2.49. The first kappa shape index (κ1) is 20.4. The van der Waals surface area contributed by atoms with Crippen LogP contribution in [0.3, 0.4) is 0 Å². The van der Waals surface area contributed by atoms with E-state index in [2.05, 4.69) is 37.4 Å². The monoisotopic (exact) mass is 399 g/mol. The van der Waals surface area contributed by atoms with Crippen LogP contribution in [0.2, 0.25) is 0 Å². The molecule has 0 saturated heterocycles. The molecule has 0 N–H and O–H groups in total. The van der Waals surface area contributed by atoms with Gasteiger partial charge in [0, 0.05) is 32.1 Å². The maximum atomic E-state index is 13.3. The van der Waals surface area contributed by atoms with Crippen LogP contribution in [0.25, 0.3) is 0 Å². The van der Waals surface area contributed by atoms with Crippen molar-refractivity contribution in [2.45, 2.75) is 26.3 Å². The van der Waals surface area contributed by atoms with E-state index in [1.165, 1.54) is 15.3 Å². The van der Waals surface area contributed by atoms with Gasteiger partial charge >= 0.3 is 6.03 Å². The summed E-state index contributed by atoms with van der Waals surface area (Å²) < 4.78 is 0. The van der Waals surface area contributed by atoms with Crippen molar-refractivity contribution in [1.29, 1.82) is 0 Å². The highest BCUT2D eigenvalue weighted by Gasteiger charge is 2.34. The van der Waals surface area contributed by atoms with Gasteiger partial charge in [-0.25, -0.2) is 4.79 Å². The Morgan fingerprint density at radius 1 is 1.18 bits per heavy atom. The van der Waals surface area contributed by atoms with Crippen LogP contribution in [0.1, 0.15) is 35.9 Å². The molecule has 1 aliphatic rings. The Hall–Kier alpha value is -2.34. The summed E-state index contributed by atoms with van der Waals surface area (Å²) in [5, 5.41) is 2.11. The topological polar surface area (TPSA) is 43.9 Å². The molecule has 1 aliphatic heterocycles. The number of thiophene rings is 1. The smallest absolute Gasteiger partial charge is 0.319 e. The number of fused-ring (bicyclic) bond motifs is 1. The van der Waals surface area contributed by atoms with Crippen molar-refractivity contribution in [2.75, 3.05) is 33.7 Å². The van der Waals surface area contributed by atoms with E-state index in [9.17, 15) is 9.59 Å². The Morgan fingerprint density at radius 2 is 1.89 bits per heavy atom. The van der Waals surface area contributed by atoms with Crippen LogP contribution >= 0.6 is 11.3 Å². The van der Waals surface area contributed by atoms with Crippen molar-refractivity contribution >= 4 is 23.3 Å². The van der Waals surface area contributed by atoms with Gasteiger partial charge in [-0.3, -0.25) is 4.79 Å². The molecule has 3 rings (SSSR count). The van der Waals surface area contributed by atoms with Crippen molar-refractivity contribution in [3.8, 4) is 0 Å². The predicted molar refractivity (Wildman–Crippen MR) is 114 cm³/mol. The van der Waals surface area contributed by atoms with Crippen LogP contribution in [0.4, 0.5) is 4.79 Å². The minimum atomic E-state index is -0.119. The van der Waals surface area contributed by atoms with Crippen LogP contribution in [-0.2, 0) is 11.2 Å². The normalized spacial score (nSPS) is 16.0. The van der Waals surface area contributed by atoms with Crippen molar-refractivity contribution < 1.29 is 9.59 Å². The third kappa shape index (κ3) is 4.38. The quantitative estimate of drug-likeness (QED) is 0.766. The van der Waals surface area contributed by atoms with Gasteiger partial charge in [-0.05, 0) is 34.9 Å². The average Bonchev–Trinajstić information content (AvgIpc) is 3.15. The van der Waals surface area contributed by atoms with Crippen molar-refractivity contribution in [3.63, 3.8) is 0 Å². The molecule has 3 amide bonds. The highest BCUT2D eigenvalue weighted by Crippen LogP contribution is 2.37. The summed E-state index contributed by atoms with van der Waals surface area (Å²) in [6.45, 7) is 5.48. The van der Waals surface area contributed by atoms with Gasteiger partial charge in [0.05, 0.1) is 6.04 Å². The van der Waals surface area contributed by atoms with E-state index >= 15 is 0 Å². The molecule has 150 valence electrons. The van der Waals surface area contributed by atoms with E-state index in [4.69, 9.17) is 0 Å². The van der Waals surface area contributed by atoms with Crippen LogP contribution in [0.5, 0.6) is 0 Å². The molecule has 1 atom stereocenters. The largest absolute Gasteiger partial charge is 0.331 e. The van der Waals surface area contributed by atoms with Crippen LogP contribution in [-0.4, -0.2) is 60.4 Å². The highest BCUT2D eigenvalue weighted by atomic mass is 32.1. The van der Waals surface area contributed by atoms with E-state index in [1.807, 2.05) is 23.1 Å². The van der Waals surface area contributed by atoms with Gasteiger partial charge in [-0.2, -0.15) is 0 Å². The average molecular weight is 400 g/mol. The lowest BCUT2D eigenvalue weighted by atomic mass is 9.93. The zero-order valence-electron chi connectivity index (χ0n) is 17.1. The highest BCUT2D eigenvalue weighted by molar-refractivity contribution is 7.10. The number of nitrogens with zero attached hydrogens (tertiary/aromatic N) is 3. The third-order valence-electron chi connectivity index (χ3n) is 4.97. The molecule has 0 bridgehead atoms. The van der Waals surface area contributed by atoms with Crippen LogP contribution in [0, 0.1) is 5.92 Å². The molecule has 0 fully saturated rings. The summed E-state index contributed by atoms with van der Waals surface area (Å²) in [5.74, 6) is 0.299. The van der Waals surface area contributed by atoms with Gasteiger partial charge < -0.3 is 14.7 Å². The minimum Gasteiger partial charge on any atom is -0.331 e. The number of hydrogen-bond donors (Lipinski definition) is 0. The second-order valence-corrected chi connectivity index (χ2v) is 8.90. The zero-order valence-corrected chi connectivity index (χ0v) is 17.9.